The minimum absolute atomic E-state index is 0.180. The summed E-state index contributed by atoms with van der Waals surface area (Å²) in [4.78, 5) is 0.358. The molecule has 0 amide bonds. The maximum absolute atomic E-state index is 11.9. The Hall–Kier alpha value is -1.07. The van der Waals surface area contributed by atoms with E-state index < -0.39 is 9.84 Å². The van der Waals surface area contributed by atoms with Crippen LogP contribution in [0.3, 0.4) is 0 Å². The van der Waals surface area contributed by atoms with Gasteiger partial charge in [-0.1, -0.05) is 26.2 Å². The standard InChI is InChI=1S/C16H25NO3S/c1-2-12-21(18,19)15-8-6-14(7-9-15)20-13-16(17)10-4-3-5-11-16/h6-9H,2-5,10-13,17H2,1H3. The van der Waals surface area contributed by atoms with E-state index in [9.17, 15) is 8.42 Å². The highest BCUT2D eigenvalue weighted by Crippen LogP contribution is 2.27. The Kier molecular flexibility index (Phi) is 5.27. The lowest BCUT2D eigenvalue weighted by Gasteiger charge is -2.33. The Labute approximate surface area is 127 Å². The van der Waals surface area contributed by atoms with Gasteiger partial charge in [-0.3, -0.25) is 0 Å². The zero-order chi connectivity index (χ0) is 15.3. The first-order valence-corrected chi connectivity index (χ1v) is 9.35. The molecule has 0 aliphatic heterocycles. The summed E-state index contributed by atoms with van der Waals surface area (Å²) in [6.45, 7) is 2.36. The quantitative estimate of drug-likeness (QED) is 0.877. The van der Waals surface area contributed by atoms with Crippen LogP contribution < -0.4 is 10.5 Å². The maximum Gasteiger partial charge on any atom is 0.178 e. The van der Waals surface area contributed by atoms with Crippen molar-refractivity contribution >= 4 is 9.84 Å². The predicted octanol–water partition coefficient (Wildman–Crippen LogP) is 2.91. The molecule has 1 aliphatic rings. The van der Waals surface area contributed by atoms with Crippen molar-refractivity contribution in [3.8, 4) is 5.75 Å². The van der Waals surface area contributed by atoms with Gasteiger partial charge in [0.1, 0.15) is 12.4 Å². The van der Waals surface area contributed by atoms with E-state index in [1.807, 2.05) is 6.92 Å². The SMILES string of the molecule is CCCS(=O)(=O)c1ccc(OCC2(N)CCCCC2)cc1. The minimum Gasteiger partial charge on any atom is -0.492 e. The monoisotopic (exact) mass is 311 g/mol. The van der Waals surface area contributed by atoms with Gasteiger partial charge in [-0.2, -0.15) is 0 Å². The van der Waals surface area contributed by atoms with Crippen LogP contribution in [0.5, 0.6) is 5.75 Å². The number of rotatable bonds is 6. The average molecular weight is 311 g/mol. The van der Waals surface area contributed by atoms with Gasteiger partial charge in [-0.15, -0.1) is 0 Å². The maximum atomic E-state index is 11.9. The van der Waals surface area contributed by atoms with E-state index in [1.165, 1.54) is 6.42 Å². The molecule has 1 fully saturated rings. The van der Waals surface area contributed by atoms with Gasteiger partial charge in [0.25, 0.3) is 0 Å². The topological polar surface area (TPSA) is 69.4 Å². The van der Waals surface area contributed by atoms with Crippen molar-refractivity contribution in [1.82, 2.24) is 0 Å². The molecule has 1 aromatic carbocycles. The molecule has 0 spiro atoms. The van der Waals surface area contributed by atoms with Crippen LogP contribution in [-0.4, -0.2) is 26.3 Å². The van der Waals surface area contributed by atoms with E-state index in [1.54, 1.807) is 24.3 Å². The van der Waals surface area contributed by atoms with Crippen molar-refractivity contribution in [2.24, 2.45) is 5.73 Å². The second kappa shape index (κ2) is 6.79. The van der Waals surface area contributed by atoms with E-state index in [2.05, 4.69) is 0 Å². The first-order chi connectivity index (χ1) is 9.95. The molecular formula is C16H25NO3S. The molecular weight excluding hydrogens is 286 g/mol. The molecule has 0 heterocycles. The van der Waals surface area contributed by atoms with Crippen molar-refractivity contribution in [3.05, 3.63) is 24.3 Å². The summed E-state index contributed by atoms with van der Waals surface area (Å²) in [5.74, 6) is 0.861. The van der Waals surface area contributed by atoms with Gasteiger partial charge in [0, 0.05) is 0 Å². The molecule has 0 saturated heterocycles. The Morgan fingerprint density at radius 1 is 1.14 bits per heavy atom. The Morgan fingerprint density at radius 3 is 2.33 bits per heavy atom. The zero-order valence-corrected chi connectivity index (χ0v) is 13.5. The molecule has 118 valence electrons. The Balaban J connectivity index is 1.96. The van der Waals surface area contributed by atoms with Crippen molar-refractivity contribution in [3.63, 3.8) is 0 Å². The first kappa shape index (κ1) is 16.3. The summed E-state index contributed by atoms with van der Waals surface area (Å²) >= 11 is 0. The fourth-order valence-electron chi connectivity index (χ4n) is 2.76. The fraction of sp³-hybridized carbons (Fsp3) is 0.625. The van der Waals surface area contributed by atoms with Crippen molar-refractivity contribution in [2.45, 2.75) is 55.9 Å². The van der Waals surface area contributed by atoms with Gasteiger partial charge in [-0.25, -0.2) is 8.42 Å². The summed E-state index contributed by atoms with van der Waals surface area (Å²) in [7, 11) is -3.15. The minimum atomic E-state index is -3.15. The molecule has 0 aromatic heterocycles. The molecule has 4 nitrogen and oxygen atoms in total. The molecule has 21 heavy (non-hydrogen) atoms. The van der Waals surface area contributed by atoms with Gasteiger partial charge >= 0.3 is 0 Å². The largest absolute Gasteiger partial charge is 0.492 e. The number of benzene rings is 1. The van der Waals surface area contributed by atoms with Crippen molar-refractivity contribution in [2.75, 3.05) is 12.4 Å². The second-order valence-electron chi connectivity index (χ2n) is 6.00. The lowest BCUT2D eigenvalue weighted by Crippen LogP contribution is -2.47. The summed E-state index contributed by atoms with van der Waals surface area (Å²) in [5, 5.41) is 0. The Bertz CT molecular complexity index is 545. The van der Waals surface area contributed by atoms with Gasteiger partial charge < -0.3 is 10.5 Å². The molecule has 0 radical (unpaired) electrons. The van der Waals surface area contributed by atoms with E-state index >= 15 is 0 Å². The van der Waals surface area contributed by atoms with E-state index in [0.717, 1.165) is 25.7 Å². The third-order valence-corrected chi connectivity index (χ3v) is 5.97. The van der Waals surface area contributed by atoms with Crippen LogP contribution in [0, 0.1) is 0 Å². The number of hydrogen-bond acceptors (Lipinski definition) is 4. The van der Waals surface area contributed by atoms with Crippen LogP contribution in [-0.2, 0) is 9.84 Å². The molecule has 0 bridgehead atoms. The summed E-state index contributed by atoms with van der Waals surface area (Å²) in [5.41, 5.74) is 6.09. The van der Waals surface area contributed by atoms with Crippen molar-refractivity contribution in [1.29, 1.82) is 0 Å². The van der Waals surface area contributed by atoms with Gasteiger partial charge in [0.2, 0.25) is 0 Å². The number of nitrogens with two attached hydrogens (primary N) is 1. The third kappa shape index (κ3) is 4.45. The second-order valence-corrected chi connectivity index (χ2v) is 8.11. The molecule has 0 atom stereocenters. The fourth-order valence-corrected chi connectivity index (χ4v) is 4.08. The zero-order valence-electron chi connectivity index (χ0n) is 12.7. The highest BCUT2D eigenvalue weighted by Gasteiger charge is 2.28. The average Bonchev–Trinajstić information content (AvgIpc) is 2.46. The summed E-state index contributed by atoms with van der Waals surface area (Å²) in [6.07, 6.45) is 6.19. The van der Waals surface area contributed by atoms with Crippen LogP contribution in [0.15, 0.2) is 29.2 Å². The van der Waals surface area contributed by atoms with Gasteiger partial charge in [-0.05, 0) is 43.5 Å². The molecule has 2 N–H and O–H groups in total. The van der Waals surface area contributed by atoms with Crippen LogP contribution in [0.4, 0.5) is 0 Å². The highest BCUT2D eigenvalue weighted by molar-refractivity contribution is 7.91. The molecule has 1 saturated carbocycles. The molecule has 1 aromatic rings. The lowest BCUT2D eigenvalue weighted by atomic mass is 9.83. The summed E-state index contributed by atoms with van der Waals surface area (Å²) in [6, 6.07) is 6.66. The van der Waals surface area contributed by atoms with Crippen LogP contribution in [0.1, 0.15) is 45.4 Å². The van der Waals surface area contributed by atoms with E-state index in [0.29, 0.717) is 23.7 Å². The molecule has 2 rings (SSSR count). The first-order valence-electron chi connectivity index (χ1n) is 7.70. The lowest BCUT2D eigenvalue weighted by molar-refractivity contribution is 0.173. The summed E-state index contributed by atoms with van der Waals surface area (Å²) < 4.78 is 29.6. The van der Waals surface area contributed by atoms with Crippen molar-refractivity contribution < 1.29 is 13.2 Å². The van der Waals surface area contributed by atoms with Gasteiger partial charge in [0.15, 0.2) is 9.84 Å². The van der Waals surface area contributed by atoms with Crippen LogP contribution >= 0.6 is 0 Å². The normalized spacial score (nSPS) is 18.4. The molecule has 5 heteroatoms. The van der Waals surface area contributed by atoms with E-state index in [-0.39, 0.29) is 11.3 Å². The predicted molar refractivity (Wildman–Crippen MR) is 84.3 cm³/mol. The smallest absolute Gasteiger partial charge is 0.178 e. The number of hydrogen-bond donors (Lipinski definition) is 1. The van der Waals surface area contributed by atoms with Crippen LogP contribution in [0.25, 0.3) is 0 Å². The number of sulfone groups is 1. The number of ether oxygens (including phenoxy) is 1. The van der Waals surface area contributed by atoms with E-state index in [4.69, 9.17) is 10.5 Å². The third-order valence-electron chi connectivity index (χ3n) is 4.03. The highest BCUT2D eigenvalue weighted by atomic mass is 32.2. The molecule has 1 aliphatic carbocycles. The van der Waals surface area contributed by atoms with Gasteiger partial charge in [0.05, 0.1) is 16.2 Å². The molecule has 0 unspecified atom stereocenters. The Morgan fingerprint density at radius 2 is 1.76 bits per heavy atom. The van der Waals surface area contributed by atoms with Crippen LogP contribution in [0.2, 0.25) is 0 Å².